The molecular formula is C13H28. The van der Waals surface area contributed by atoms with E-state index in [9.17, 15) is 0 Å². The minimum atomic E-state index is 0.922. The summed E-state index contributed by atoms with van der Waals surface area (Å²) < 4.78 is 0. The molecule has 13 heavy (non-hydrogen) atoms. The lowest BCUT2D eigenvalue weighted by Gasteiger charge is -2.25. The summed E-state index contributed by atoms with van der Waals surface area (Å²) in [5, 5.41) is 0. The molecule has 0 aliphatic rings. The highest BCUT2D eigenvalue weighted by Gasteiger charge is 2.16. The van der Waals surface area contributed by atoms with Gasteiger partial charge in [0.05, 0.1) is 0 Å². The molecule has 3 atom stereocenters. The van der Waals surface area contributed by atoms with E-state index in [2.05, 4.69) is 34.6 Å². The fourth-order valence-electron chi connectivity index (χ4n) is 2.02. The molecule has 0 aromatic carbocycles. The van der Waals surface area contributed by atoms with Gasteiger partial charge < -0.3 is 0 Å². The molecule has 0 bridgehead atoms. The highest BCUT2D eigenvalue weighted by molar-refractivity contribution is 4.67. The van der Waals surface area contributed by atoms with Gasteiger partial charge in [-0.2, -0.15) is 0 Å². The van der Waals surface area contributed by atoms with Gasteiger partial charge in [0, 0.05) is 0 Å². The first-order valence-corrected chi connectivity index (χ1v) is 6.15. The maximum absolute atomic E-state index is 2.42. The Hall–Kier alpha value is 0. The van der Waals surface area contributed by atoms with E-state index in [1.807, 2.05) is 0 Å². The Morgan fingerprint density at radius 2 is 1.54 bits per heavy atom. The van der Waals surface area contributed by atoms with E-state index in [1.54, 1.807) is 0 Å². The van der Waals surface area contributed by atoms with Gasteiger partial charge in [-0.1, -0.05) is 60.3 Å². The summed E-state index contributed by atoms with van der Waals surface area (Å²) in [5.74, 6) is 2.82. The van der Waals surface area contributed by atoms with Crippen molar-refractivity contribution in [2.45, 2.75) is 66.7 Å². The normalized spacial score (nSPS) is 18.2. The summed E-state index contributed by atoms with van der Waals surface area (Å²) in [4.78, 5) is 0. The second-order valence-electron chi connectivity index (χ2n) is 4.68. The van der Waals surface area contributed by atoms with Crippen LogP contribution in [0.2, 0.25) is 0 Å². The van der Waals surface area contributed by atoms with Crippen LogP contribution >= 0.6 is 0 Å². The summed E-state index contributed by atoms with van der Waals surface area (Å²) in [6, 6.07) is 0. The van der Waals surface area contributed by atoms with Crippen molar-refractivity contribution in [3.8, 4) is 0 Å². The topological polar surface area (TPSA) is 0 Å². The first kappa shape index (κ1) is 13.0. The van der Waals surface area contributed by atoms with Gasteiger partial charge in [0.15, 0.2) is 0 Å². The van der Waals surface area contributed by atoms with Gasteiger partial charge in [-0.25, -0.2) is 0 Å². The van der Waals surface area contributed by atoms with E-state index >= 15 is 0 Å². The van der Waals surface area contributed by atoms with E-state index in [-0.39, 0.29) is 0 Å². The van der Waals surface area contributed by atoms with Crippen molar-refractivity contribution in [3.05, 3.63) is 0 Å². The molecule has 0 heterocycles. The summed E-state index contributed by atoms with van der Waals surface area (Å²) in [7, 11) is 0. The fourth-order valence-corrected chi connectivity index (χ4v) is 2.02. The van der Waals surface area contributed by atoms with E-state index in [0.29, 0.717) is 0 Å². The first-order valence-electron chi connectivity index (χ1n) is 6.15. The standard InChI is InChI=1S/C13H28/c1-6-9-13(12(5)8-3)10-11(4)7-2/h11-13H,6-10H2,1-5H3. The van der Waals surface area contributed by atoms with E-state index < -0.39 is 0 Å². The Balaban J connectivity index is 3.92. The molecule has 80 valence electrons. The van der Waals surface area contributed by atoms with Gasteiger partial charge in [0.2, 0.25) is 0 Å². The van der Waals surface area contributed by atoms with Crippen molar-refractivity contribution >= 4 is 0 Å². The Labute approximate surface area is 85.1 Å². The second kappa shape index (κ2) is 7.41. The van der Waals surface area contributed by atoms with Gasteiger partial charge in [-0.3, -0.25) is 0 Å². The molecule has 0 saturated heterocycles. The molecule has 0 N–H and O–H groups in total. The molecule has 3 unspecified atom stereocenters. The quantitative estimate of drug-likeness (QED) is 0.528. The molecular weight excluding hydrogens is 156 g/mol. The van der Waals surface area contributed by atoms with E-state index in [0.717, 1.165) is 17.8 Å². The molecule has 0 amide bonds. The molecule has 0 aromatic rings. The minimum absolute atomic E-state index is 0.922. The van der Waals surface area contributed by atoms with Crippen LogP contribution in [0.4, 0.5) is 0 Å². The number of hydrogen-bond acceptors (Lipinski definition) is 0. The van der Waals surface area contributed by atoms with Crippen molar-refractivity contribution in [1.29, 1.82) is 0 Å². The van der Waals surface area contributed by atoms with Crippen molar-refractivity contribution < 1.29 is 0 Å². The van der Waals surface area contributed by atoms with E-state index in [4.69, 9.17) is 0 Å². The van der Waals surface area contributed by atoms with Crippen LogP contribution < -0.4 is 0 Å². The largest absolute Gasteiger partial charge is 0.0654 e. The maximum atomic E-state index is 2.42. The summed E-state index contributed by atoms with van der Waals surface area (Å²) in [6.07, 6.45) is 6.92. The minimum Gasteiger partial charge on any atom is -0.0654 e. The molecule has 0 saturated carbocycles. The average molecular weight is 184 g/mol. The SMILES string of the molecule is CCCC(CC(C)CC)C(C)CC. The van der Waals surface area contributed by atoms with Crippen LogP contribution in [0.3, 0.4) is 0 Å². The zero-order valence-electron chi connectivity index (χ0n) is 10.3. The molecule has 0 nitrogen and oxygen atoms in total. The molecule has 0 spiro atoms. The zero-order chi connectivity index (χ0) is 10.3. The summed E-state index contributed by atoms with van der Waals surface area (Å²) >= 11 is 0. The predicted molar refractivity (Wildman–Crippen MR) is 61.9 cm³/mol. The Morgan fingerprint density at radius 1 is 0.923 bits per heavy atom. The van der Waals surface area contributed by atoms with Crippen LogP contribution in [0.5, 0.6) is 0 Å². The molecule has 0 aromatic heterocycles. The first-order chi connectivity index (χ1) is 6.15. The van der Waals surface area contributed by atoms with Crippen LogP contribution in [-0.4, -0.2) is 0 Å². The smallest absolute Gasteiger partial charge is 0.0386 e. The monoisotopic (exact) mass is 184 g/mol. The van der Waals surface area contributed by atoms with Crippen molar-refractivity contribution in [2.24, 2.45) is 17.8 Å². The molecule has 0 rings (SSSR count). The molecule has 0 aliphatic heterocycles. The third-order valence-electron chi connectivity index (χ3n) is 3.51. The van der Waals surface area contributed by atoms with Crippen LogP contribution in [0.15, 0.2) is 0 Å². The highest BCUT2D eigenvalue weighted by Crippen LogP contribution is 2.28. The van der Waals surface area contributed by atoms with Crippen LogP contribution in [0.25, 0.3) is 0 Å². The second-order valence-corrected chi connectivity index (χ2v) is 4.68. The summed E-state index contributed by atoms with van der Waals surface area (Å²) in [6.45, 7) is 11.8. The van der Waals surface area contributed by atoms with Crippen molar-refractivity contribution in [1.82, 2.24) is 0 Å². The van der Waals surface area contributed by atoms with Crippen LogP contribution in [-0.2, 0) is 0 Å². The predicted octanol–water partition coefficient (Wildman–Crippen LogP) is 4.89. The maximum Gasteiger partial charge on any atom is -0.0386 e. The Kier molecular flexibility index (Phi) is 7.41. The lowest BCUT2D eigenvalue weighted by molar-refractivity contribution is 0.263. The van der Waals surface area contributed by atoms with Gasteiger partial charge in [0.1, 0.15) is 0 Å². The fraction of sp³-hybridized carbons (Fsp3) is 1.00. The number of rotatable bonds is 7. The van der Waals surface area contributed by atoms with Gasteiger partial charge in [0.25, 0.3) is 0 Å². The van der Waals surface area contributed by atoms with Gasteiger partial charge >= 0.3 is 0 Å². The lowest BCUT2D eigenvalue weighted by atomic mass is 9.81. The summed E-state index contributed by atoms with van der Waals surface area (Å²) in [5.41, 5.74) is 0. The van der Waals surface area contributed by atoms with Crippen LogP contribution in [0, 0.1) is 17.8 Å². The molecule has 0 radical (unpaired) electrons. The van der Waals surface area contributed by atoms with Crippen molar-refractivity contribution in [2.75, 3.05) is 0 Å². The Bertz CT molecular complexity index is 107. The third-order valence-corrected chi connectivity index (χ3v) is 3.51. The van der Waals surface area contributed by atoms with Crippen molar-refractivity contribution in [3.63, 3.8) is 0 Å². The molecule has 0 aliphatic carbocycles. The lowest BCUT2D eigenvalue weighted by Crippen LogP contribution is -2.14. The number of hydrogen-bond donors (Lipinski definition) is 0. The molecule has 0 fully saturated rings. The third kappa shape index (κ3) is 5.33. The van der Waals surface area contributed by atoms with Gasteiger partial charge in [-0.05, 0) is 24.2 Å². The average Bonchev–Trinajstić information content (AvgIpc) is 2.15. The van der Waals surface area contributed by atoms with E-state index in [1.165, 1.54) is 32.1 Å². The zero-order valence-corrected chi connectivity index (χ0v) is 10.3. The highest BCUT2D eigenvalue weighted by atomic mass is 14.2. The Morgan fingerprint density at radius 3 is 1.92 bits per heavy atom. The van der Waals surface area contributed by atoms with Crippen LogP contribution in [0.1, 0.15) is 66.7 Å². The van der Waals surface area contributed by atoms with Gasteiger partial charge in [-0.15, -0.1) is 0 Å². The molecule has 0 heteroatoms.